The summed E-state index contributed by atoms with van der Waals surface area (Å²) in [5, 5.41) is 8.02. The van der Waals surface area contributed by atoms with Crippen LogP contribution in [0, 0.1) is 5.92 Å². The summed E-state index contributed by atoms with van der Waals surface area (Å²) in [6, 6.07) is 7.78. The van der Waals surface area contributed by atoms with E-state index in [1.807, 2.05) is 42.6 Å². The van der Waals surface area contributed by atoms with Crippen molar-refractivity contribution in [3.05, 3.63) is 46.3 Å². The van der Waals surface area contributed by atoms with Crippen LogP contribution in [0.1, 0.15) is 30.3 Å². The van der Waals surface area contributed by atoms with Crippen molar-refractivity contribution in [1.82, 2.24) is 15.6 Å². The van der Waals surface area contributed by atoms with Gasteiger partial charge in [0.1, 0.15) is 5.82 Å². The lowest BCUT2D eigenvalue weighted by atomic mass is 10.0. The molecule has 124 valence electrons. The number of hydrogen-bond donors (Lipinski definition) is 2. The molecule has 2 rings (SSSR count). The van der Waals surface area contributed by atoms with Gasteiger partial charge in [-0.25, -0.2) is 9.78 Å². The number of pyridine rings is 1. The number of nitrogens with one attached hydrogen (secondary N) is 2. The lowest BCUT2D eigenvalue weighted by Crippen LogP contribution is -2.39. The van der Waals surface area contributed by atoms with Crippen LogP contribution in [0.5, 0.6) is 0 Å². The van der Waals surface area contributed by atoms with E-state index >= 15 is 0 Å². The van der Waals surface area contributed by atoms with Gasteiger partial charge in [-0.2, -0.15) is 0 Å². The molecular formula is C17H24N4OS. The molecule has 2 aromatic heterocycles. The fraction of sp³-hybridized carbons (Fsp3) is 0.412. The van der Waals surface area contributed by atoms with Gasteiger partial charge in [-0.15, -0.1) is 11.3 Å². The molecule has 0 spiro atoms. The summed E-state index contributed by atoms with van der Waals surface area (Å²) in [6.07, 6.45) is 1.75. The highest BCUT2D eigenvalue weighted by Gasteiger charge is 2.19. The molecule has 23 heavy (non-hydrogen) atoms. The zero-order valence-corrected chi connectivity index (χ0v) is 14.9. The molecule has 1 atom stereocenters. The molecule has 2 amide bonds. The second kappa shape index (κ2) is 7.97. The lowest BCUT2D eigenvalue weighted by molar-refractivity contribution is 0.233. The number of carbonyl (C=O) groups excluding carboxylic acids is 1. The van der Waals surface area contributed by atoms with Crippen molar-refractivity contribution in [2.45, 2.75) is 26.4 Å². The first-order chi connectivity index (χ1) is 11.0. The zero-order chi connectivity index (χ0) is 16.8. The Bertz CT molecular complexity index is 625. The van der Waals surface area contributed by atoms with Crippen LogP contribution in [0.25, 0.3) is 0 Å². The third-order valence-electron chi connectivity index (χ3n) is 3.53. The summed E-state index contributed by atoms with van der Waals surface area (Å²) in [6.45, 7) is 4.66. The van der Waals surface area contributed by atoms with Gasteiger partial charge in [-0.1, -0.05) is 26.0 Å². The summed E-state index contributed by atoms with van der Waals surface area (Å²) in [4.78, 5) is 19.7. The molecule has 0 bridgehead atoms. The van der Waals surface area contributed by atoms with Crippen molar-refractivity contribution in [2.75, 3.05) is 19.0 Å². The van der Waals surface area contributed by atoms with Crippen LogP contribution in [0.3, 0.4) is 0 Å². The van der Waals surface area contributed by atoms with E-state index < -0.39 is 0 Å². The molecule has 0 aliphatic carbocycles. The predicted molar refractivity (Wildman–Crippen MR) is 95.8 cm³/mol. The van der Waals surface area contributed by atoms with Crippen molar-refractivity contribution in [3.8, 4) is 0 Å². The van der Waals surface area contributed by atoms with E-state index in [4.69, 9.17) is 0 Å². The van der Waals surface area contributed by atoms with Gasteiger partial charge in [0.05, 0.1) is 6.04 Å². The first-order valence-corrected chi connectivity index (χ1v) is 8.56. The molecule has 2 aromatic rings. The summed E-state index contributed by atoms with van der Waals surface area (Å²) >= 11 is 1.66. The van der Waals surface area contributed by atoms with Crippen LogP contribution in [-0.2, 0) is 6.54 Å². The van der Waals surface area contributed by atoms with Gasteiger partial charge in [0.15, 0.2) is 0 Å². The van der Waals surface area contributed by atoms with Crippen LogP contribution in [-0.4, -0.2) is 25.1 Å². The SMILES string of the molecule is CC(C)[C@@H](NC(=O)NCc1cccnc1N(C)C)c1cccs1. The number of carbonyl (C=O) groups is 1. The third-order valence-corrected chi connectivity index (χ3v) is 4.49. The quantitative estimate of drug-likeness (QED) is 0.852. The molecule has 6 heteroatoms. The van der Waals surface area contributed by atoms with Gasteiger partial charge in [-0.05, 0) is 23.4 Å². The van der Waals surface area contributed by atoms with Crippen molar-refractivity contribution >= 4 is 23.2 Å². The van der Waals surface area contributed by atoms with Crippen molar-refractivity contribution in [1.29, 1.82) is 0 Å². The average molecular weight is 332 g/mol. The summed E-state index contributed by atoms with van der Waals surface area (Å²) in [5.74, 6) is 1.20. The molecule has 0 aromatic carbocycles. The molecule has 0 aliphatic heterocycles. The smallest absolute Gasteiger partial charge is 0.315 e. The normalized spacial score (nSPS) is 12.0. The number of amides is 2. The maximum absolute atomic E-state index is 12.3. The number of urea groups is 1. The first kappa shape index (κ1) is 17.3. The van der Waals surface area contributed by atoms with Crippen LogP contribution in [0.4, 0.5) is 10.6 Å². The molecule has 0 fully saturated rings. The second-order valence-electron chi connectivity index (χ2n) is 5.94. The maximum Gasteiger partial charge on any atom is 0.315 e. The van der Waals surface area contributed by atoms with E-state index in [2.05, 4.69) is 35.5 Å². The van der Waals surface area contributed by atoms with Crippen LogP contribution < -0.4 is 15.5 Å². The van der Waals surface area contributed by atoms with E-state index in [0.717, 1.165) is 11.4 Å². The Morgan fingerprint density at radius 3 is 2.70 bits per heavy atom. The predicted octanol–water partition coefficient (Wildman–Crippen LogP) is 3.41. The van der Waals surface area contributed by atoms with Gasteiger partial charge in [-0.3, -0.25) is 0 Å². The Balaban J connectivity index is 1.97. The molecule has 0 unspecified atom stereocenters. The molecule has 2 heterocycles. The second-order valence-corrected chi connectivity index (χ2v) is 6.92. The fourth-order valence-electron chi connectivity index (χ4n) is 2.37. The van der Waals surface area contributed by atoms with E-state index in [9.17, 15) is 4.79 Å². The molecular weight excluding hydrogens is 308 g/mol. The molecule has 0 saturated carbocycles. The number of anilines is 1. The highest BCUT2D eigenvalue weighted by atomic mass is 32.1. The highest BCUT2D eigenvalue weighted by Crippen LogP contribution is 2.25. The van der Waals surface area contributed by atoms with Crippen LogP contribution in [0.15, 0.2) is 35.8 Å². The Hall–Kier alpha value is -2.08. The van der Waals surface area contributed by atoms with E-state index in [-0.39, 0.29) is 12.1 Å². The molecule has 0 aliphatic rings. The monoisotopic (exact) mass is 332 g/mol. The Labute approximate surface area is 141 Å². The van der Waals surface area contributed by atoms with Gasteiger partial charge >= 0.3 is 6.03 Å². The van der Waals surface area contributed by atoms with Crippen LogP contribution in [0.2, 0.25) is 0 Å². The van der Waals surface area contributed by atoms with E-state index in [0.29, 0.717) is 12.5 Å². The molecule has 0 radical (unpaired) electrons. The summed E-state index contributed by atoms with van der Waals surface area (Å²) in [7, 11) is 3.88. The third kappa shape index (κ3) is 4.69. The minimum atomic E-state index is -0.161. The molecule has 2 N–H and O–H groups in total. The van der Waals surface area contributed by atoms with Gasteiger partial charge < -0.3 is 15.5 Å². The van der Waals surface area contributed by atoms with Crippen molar-refractivity contribution < 1.29 is 4.79 Å². The Morgan fingerprint density at radius 1 is 1.30 bits per heavy atom. The number of rotatable bonds is 6. The summed E-state index contributed by atoms with van der Waals surface area (Å²) in [5.41, 5.74) is 0.991. The number of aromatic nitrogens is 1. The number of thiophene rings is 1. The summed E-state index contributed by atoms with van der Waals surface area (Å²) < 4.78 is 0. The van der Waals surface area contributed by atoms with E-state index in [1.165, 1.54) is 4.88 Å². The molecule has 5 nitrogen and oxygen atoms in total. The maximum atomic E-state index is 12.3. The highest BCUT2D eigenvalue weighted by molar-refractivity contribution is 7.10. The largest absolute Gasteiger partial charge is 0.362 e. The Kier molecular flexibility index (Phi) is 5.98. The first-order valence-electron chi connectivity index (χ1n) is 7.68. The lowest BCUT2D eigenvalue weighted by Gasteiger charge is -2.22. The van der Waals surface area contributed by atoms with E-state index in [1.54, 1.807) is 17.5 Å². The standard InChI is InChI=1S/C17H24N4OS/c1-12(2)15(14-8-6-10-23-14)20-17(22)19-11-13-7-5-9-18-16(13)21(3)4/h5-10,12,15H,11H2,1-4H3,(H2,19,20,22)/t15-/m1/s1. The van der Waals surface area contributed by atoms with Gasteiger partial charge in [0.2, 0.25) is 0 Å². The minimum absolute atomic E-state index is 0.0252. The zero-order valence-electron chi connectivity index (χ0n) is 14.0. The fourth-order valence-corrected chi connectivity index (χ4v) is 3.32. The average Bonchev–Trinajstić information content (AvgIpc) is 3.04. The van der Waals surface area contributed by atoms with Gasteiger partial charge in [0.25, 0.3) is 0 Å². The molecule has 0 saturated heterocycles. The van der Waals surface area contributed by atoms with Crippen molar-refractivity contribution in [2.24, 2.45) is 5.92 Å². The minimum Gasteiger partial charge on any atom is -0.362 e. The van der Waals surface area contributed by atoms with Crippen molar-refractivity contribution in [3.63, 3.8) is 0 Å². The Morgan fingerprint density at radius 2 is 2.09 bits per heavy atom. The number of hydrogen-bond acceptors (Lipinski definition) is 4. The topological polar surface area (TPSA) is 57.3 Å². The van der Waals surface area contributed by atoms with Gasteiger partial charge in [0, 0.05) is 37.3 Å². The van der Waals surface area contributed by atoms with Crippen LogP contribution >= 0.6 is 11.3 Å². The number of nitrogens with zero attached hydrogens (tertiary/aromatic N) is 2.